The molecular formula is C29H26F2N6O6S. The minimum absolute atomic E-state index is 0.0457. The number of fused-ring (bicyclic) bond motifs is 3. The molecule has 2 amide bonds. The van der Waals surface area contributed by atoms with E-state index in [-0.39, 0.29) is 45.4 Å². The summed E-state index contributed by atoms with van der Waals surface area (Å²) in [5, 5.41) is 15.7. The molecule has 0 aliphatic carbocycles. The molecule has 228 valence electrons. The first kappa shape index (κ1) is 29.1. The smallest absolute Gasteiger partial charge is 0.329 e. The molecule has 0 saturated carbocycles. The first-order valence-corrected chi connectivity index (χ1v) is 14.6. The Morgan fingerprint density at radius 3 is 2.23 bits per heavy atom. The van der Waals surface area contributed by atoms with Crippen LogP contribution in [0.5, 0.6) is 11.5 Å². The lowest BCUT2D eigenvalue weighted by atomic mass is 10.1. The number of nitrogens with zero attached hydrogens (tertiary/aromatic N) is 6. The van der Waals surface area contributed by atoms with Crippen molar-refractivity contribution in [2.45, 2.75) is 17.5 Å². The van der Waals surface area contributed by atoms with Gasteiger partial charge in [-0.2, -0.15) is 5.10 Å². The van der Waals surface area contributed by atoms with Crippen molar-refractivity contribution >= 4 is 38.5 Å². The molecular weight excluding hydrogens is 598 g/mol. The van der Waals surface area contributed by atoms with E-state index in [0.29, 0.717) is 11.1 Å². The van der Waals surface area contributed by atoms with E-state index >= 15 is 8.78 Å². The highest BCUT2D eigenvalue weighted by molar-refractivity contribution is 7.90. The van der Waals surface area contributed by atoms with Crippen LogP contribution in [-0.4, -0.2) is 59.6 Å². The quantitative estimate of drug-likeness (QED) is 0.288. The van der Waals surface area contributed by atoms with Gasteiger partial charge in [-0.1, -0.05) is 18.2 Å². The third-order valence-electron chi connectivity index (χ3n) is 7.47. The van der Waals surface area contributed by atoms with Gasteiger partial charge in [0.25, 0.3) is 10.0 Å². The van der Waals surface area contributed by atoms with Gasteiger partial charge in [0.2, 0.25) is 0 Å². The first-order valence-electron chi connectivity index (χ1n) is 13.1. The summed E-state index contributed by atoms with van der Waals surface area (Å²) in [6, 6.07) is 9.30. The molecule has 0 bridgehead atoms. The average Bonchev–Trinajstić information content (AvgIpc) is 3.64. The van der Waals surface area contributed by atoms with Crippen molar-refractivity contribution in [3.05, 3.63) is 89.5 Å². The summed E-state index contributed by atoms with van der Waals surface area (Å²) in [5.74, 6) is -2.87. The topological polar surface area (TPSA) is 132 Å². The lowest BCUT2D eigenvalue weighted by Gasteiger charge is -2.35. The summed E-state index contributed by atoms with van der Waals surface area (Å²) in [7, 11) is 1.13. The highest BCUT2D eigenvalue weighted by Gasteiger charge is 2.38. The molecule has 0 radical (unpaired) electrons. The van der Waals surface area contributed by atoms with Gasteiger partial charge in [0, 0.05) is 49.1 Å². The molecule has 1 aliphatic heterocycles. The van der Waals surface area contributed by atoms with E-state index in [1.165, 1.54) is 56.5 Å². The Morgan fingerprint density at radius 2 is 1.64 bits per heavy atom. The Labute approximate surface area is 250 Å². The number of aromatic nitrogens is 4. The number of anilines is 2. The van der Waals surface area contributed by atoms with Crippen LogP contribution in [0.15, 0.2) is 66.0 Å². The zero-order valence-electron chi connectivity index (χ0n) is 23.9. The zero-order valence-corrected chi connectivity index (χ0v) is 24.7. The van der Waals surface area contributed by atoms with Crippen LogP contribution in [0.25, 0.3) is 11.0 Å². The third-order valence-corrected chi connectivity index (χ3v) is 9.20. The summed E-state index contributed by atoms with van der Waals surface area (Å²) in [5.41, 5.74) is 0.156. The van der Waals surface area contributed by atoms with Gasteiger partial charge in [-0.15, -0.1) is 0 Å². The van der Waals surface area contributed by atoms with Crippen LogP contribution in [0.3, 0.4) is 0 Å². The Bertz CT molecular complexity index is 2020. The van der Waals surface area contributed by atoms with Crippen molar-refractivity contribution in [2.75, 3.05) is 31.1 Å². The van der Waals surface area contributed by atoms with Crippen molar-refractivity contribution < 1.29 is 36.6 Å². The van der Waals surface area contributed by atoms with E-state index in [9.17, 15) is 18.3 Å². The number of halogens is 2. The second-order valence-electron chi connectivity index (χ2n) is 10.1. The number of aryl methyl sites for hydroxylation is 1. The summed E-state index contributed by atoms with van der Waals surface area (Å²) >= 11 is 0. The highest BCUT2D eigenvalue weighted by atomic mass is 32.2. The number of ether oxygens (including phenoxy) is 2. The van der Waals surface area contributed by atoms with Crippen molar-refractivity contribution in [3.63, 3.8) is 0 Å². The molecule has 1 aliphatic rings. The number of hydrogen-bond donors (Lipinski definition) is 1. The number of methoxy groups -OCH3 is 2. The third kappa shape index (κ3) is 4.34. The molecule has 2 aromatic carbocycles. The Morgan fingerprint density at radius 1 is 0.977 bits per heavy atom. The number of urea groups is 1. The van der Waals surface area contributed by atoms with E-state index in [1.54, 1.807) is 31.4 Å². The van der Waals surface area contributed by atoms with Crippen molar-refractivity contribution in [1.82, 2.24) is 18.7 Å². The van der Waals surface area contributed by atoms with Crippen LogP contribution in [-0.2, 0) is 23.6 Å². The average molecular weight is 625 g/mol. The normalized spacial score (nSPS) is 14.2. The second kappa shape index (κ2) is 10.6. The van der Waals surface area contributed by atoms with Gasteiger partial charge in [-0.25, -0.2) is 30.9 Å². The van der Waals surface area contributed by atoms with Gasteiger partial charge in [0.05, 0.1) is 43.2 Å². The van der Waals surface area contributed by atoms with Crippen LogP contribution in [0, 0.1) is 11.6 Å². The summed E-state index contributed by atoms with van der Waals surface area (Å²) in [4.78, 5) is 20.2. The maximum Gasteiger partial charge on any atom is 0.329 e. The van der Waals surface area contributed by atoms with Gasteiger partial charge in [-0.3, -0.25) is 14.5 Å². The predicted molar refractivity (Wildman–Crippen MR) is 155 cm³/mol. The first-order chi connectivity index (χ1) is 21.0. The molecule has 1 atom stereocenters. The molecule has 4 heterocycles. The maximum absolute atomic E-state index is 15.4. The second-order valence-corrected chi connectivity index (χ2v) is 11.8. The van der Waals surface area contributed by atoms with Crippen molar-refractivity contribution in [2.24, 2.45) is 7.05 Å². The summed E-state index contributed by atoms with van der Waals surface area (Å²) < 4.78 is 71.3. The number of benzene rings is 2. The Hall–Kier alpha value is -5.02. The number of carbonyl (C=O) groups is 1. The molecule has 1 N–H and O–H groups in total. The van der Waals surface area contributed by atoms with Crippen molar-refractivity contribution in [3.8, 4) is 11.5 Å². The molecule has 0 spiro atoms. The number of hydrogen-bond acceptors (Lipinski definition) is 8. The number of amides is 2. The predicted octanol–water partition coefficient (Wildman–Crippen LogP) is 3.96. The fourth-order valence-electron chi connectivity index (χ4n) is 5.38. The zero-order chi connectivity index (χ0) is 31.5. The van der Waals surface area contributed by atoms with E-state index in [4.69, 9.17) is 9.47 Å². The van der Waals surface area contributed by atoms with Gasteiger partial charge in [0.15, 0.2) is 28.8 Å². The van der Waals surface area contributed by atoms with Gasteiger partial charge >= 0.3 is 6.03 Å². The summed E-state index contributed by atoms with van der Waals surface area (Å²) in [6.07, 6.45) is 2.84. The molecule has 15 heteroatoms. The maximum atomic E-state index is 15.4. The van der Waals surface area contributed by atoms with Crippen LogP contribution < -0.4 is 19.3 Å². The minimum atomic E-state index is -4.31. The minimum Gasteiger partial charge on any atom is -0.493 e. The Balaban J connectivity index is 1.57. The molecule has 0 fully saturated rings. The fourth-order valence-corrected chi connectivity index (χ4v) is 6.89. The van der Waals surface area contributed by atoms with E-state index in [0.717, 1.165) is 19.8 Å². The number of aliphatic hydroxyl groups is 1. The number of aliphatic hydroxyl groups excluding tert-OH is 1. The molecule has 44 heavy (non-hydrogen) atoms. The van der Waals surface area contributed by atoms with E-state index < -0.39 is 39.5 Å². The number of rotatable bonds is 7. The highest BCUT2D eigenvalue weighted by Crippen LogP contribution is 2.43. The lowest BCUT2D eigenvalue weighted by molar-refractivity contribution is 0.214. The molecule has 12 nitrogen and oxygen atoms in total. The monoisotopic (exact) mass is 624 g/mol. The number of pyridine rings is 1. The van der Waals surface area contributed by atoms with Crippen molar-refractivity contribution in [1.29, 1.82) is 0 Å². The molecule has 0 saturated heterocycles. The van der Waals surface area contributed by atoms with Crippen LogP contribution in [0.4, 0.5) is 25.0 Å². The number of carbonyl (C=O) groups excluding carboxylic acids is 1. The van der Waals surface area contributed by atoms with Gasteiger partial charge in [-0.05, 0) is 18.2 Å². The lowest BCUT2D eigenvalue weighted by Crippen LogP contribution is -2.46. The van der Waals surface area contributed by atoms with E-state index in [1.807, 2.05) is 0 Å². The van der Waals surface area contributed by atoms with Crippen LogP contribution in [0.1, 0.15) is 22.9 Å². The summed E-state index contributed by atoms with van der Waals surface area (Å²) in [6.45, 7) is -0.317. The SMILES string of the molecule is COc1cc(OC)c(F)c(N2Cc3cnc4c(cc(C(O)c5cnn(C)c5)n4S(=O)(=O)c4ccccc4)c3N(C)C2=O)c1F. The molecule has 6 rings (SSSR count). The molecule has 5 aromatic rings. The largest absolute Gasteiger partial charge is 0.493 e. The van der Waals surface area contributed by atoms with E-state index in [2.05, 4.69) is 10.1 Å². The molecule has 3 aromatic heterocycles. The van der Waals surface area contributed by atoms with Gasteiger partial charge < -0.3 is 14.6 Å². The van der Waals surface area contributed by atoms with Crippen LogP contribution >= 0.6 is 0 Å². The van der Waals surface area contributed by atoms with Gasteiger partial charge in [0.1, 0.15) is 11.8 Å². The molecule has 1 unspecified atom stereocenters. The van der Waals surface area contributed by atoms with Crippen LogP contribution in [0.2, 0.25) is 0 Å². The fraction of sp³-hybridized carbons (Fsp3) is 0.207. The standard InChI is InChI=1S/C29H26F2N6O6S/c1-34-14-17(13-33-34)27(38)20-10-19-25-16(12-32-28(19)37(20)44(40,41)18-8-6-5-7-9-18)15-36(29(39)35(25)2)26-23(30)21(42-3)11-22(43-4)24(26)31/h5-14,27,38H,15H2,1-4H3. The Kier molecular flexibility index (Phi) is 7.01.